The van der Waals surface area contributed by atoms with Gasteiger partial charge in [0.1, 0.15) is 11.6 Å². The minimum atomic E-state index is -0.232. The topological polar surface area (TPSA) is 70.7 Å². The second kappa shape index (κ2) is 10.5. The molecule has 32 heavy (non-hydrogen) atoms. The summed E-state index contributed by atoms with van der Waals surface area (Å²) < 4.78 is 25.0. The first kappa shape index (κ1) is 22.1. The SMILES string of the molecule is CN=C(NCCc1c[nH]c2cc(F)ccc12)NCc1ccc(C)cc1OCC1CCOC1. The first-order chi connectivity index (χ1) is 15.6. The Morgan fingerprint density at radius 2 is 2.12 bits per heavy atom. The van der Waals surface area contributed by atoms with Gasteiger partial charge in [-0.15, -0.1) is 0 Å². The Morgan fingerprint density at radius 3 is 2.94 bits per heavy atom. The van der Waals surface area contributed by atoms with Crippen molar-refractivity contribution < 1.29 is 13.9 Å². The van der Waals surface area contributed by atoms with Crippen LogP contribution in [0.3, 0.4) is 0 Å². The standard InChI is InChI=1S/C25H31FN4O2/c1-17-3-4-20(24(11-17)32-16-18-8-10-31-15-18)14-30-25(27-2)28-9-7-19-13-29-23-12-21(26)5-6-22(19)23/h3-6,11-13,18,29H,7-10,14-16H2,1-2H3,(H2,27,28,30). The number of nitrogens with zero attached hydrogens (tertiary/aromatic N) is 1. The van der Waals surface area contributed by atoms with Gasteiger partial charge in [0.2, 0.25) is 0 Å². The molecule has 3 N–H and O–H groups in total. The lowest BCUT2D eigenvalue weighted by atomic mass is 10.1. The minimum absolute atomic E-state index is 0.232. The van der Waals surface area contributed by atoms with E-state index in [1.54, 1.807) is 7.05 Å². The lowest BCUT2D eigenvalue weighted by Crippen LogP contribution is -2.37. The van der Waals surface area contributed by atoms with Crippen LogP contribution in [0.2, 0.25) is 0 Å². The van der Waals surface area contributed by atoms with E-state index in [2.05, 4.69) is 45.7 Å². The monoisotopic (exact) mass is 438 g/mol. The third kappa shape index (κ3) is 5.59. The fourth-order valence-corrected chi connectivity index (χ4v) is 3.95. The molecule has 4 rings (SSSR count). The number of aromatic amines is 1. The lowest BCUT2D eigenvalue weighted by Gasteiger charge is -2.17. The van der Waals surface area contributed by atoms with Gasteiger partial charge < -0.3 is 25.1 Å². The number of hydrogen-bond acceptors (Lipinski definition) is 3. The summed E-state index contributed by atoms with van der Waals surface area (Å²) in [7, 11) is 1.76. The number of guanidine groups is 1. The van der Waals surface area contributed by atoms with Gasteiger partial charge in [-0.25, -0.2) is 4.39 Å². The summed E-state index contributed by atoms with van der Waals surface area (Å²) in [6.45, 7) is 5.68. The number of ether oxygens (including phenoxy) is 2. The quantitative estimate of drug-likeness (QED) is 0.368. The molecule has 1 aromatic heterocycles. The number of fused-ring (bicyclic) bond motifs is 1. The van der Waals surface area contributed by atoms with Crippen LogP contribution in [0.15, 0.2) is 47.6 Å². The molecule has 2 aromatic carbocycles. The Labute approximate surface area is 188 Å². The van der Waals surface area contributed by atoms with E-state index in [1.165, 1.54) is 17.7 Å². The number of nitrogens with one attached hydrogen (secondary N) is 3. The third-order valence-electron chi connectivity index (χ3n) is 5.81. The van der Waals surface area contributed by atoms with Crippen LogP contribution in [0.25, 0.3) is 10.9 Å². The number of aliphatic imine (C=N–C) groups is 1. The number of H-pyrrole nitrogens is 1. The Morgan fingerprint density at radius 1 is 1.22 bits per heavy atom. The van der Waals surface area contributed by atoms with Crippen molar-refractivity contribution in [3.8, 4) is 5.75 Å². The van der Waals surface area contributed by atoms with Crippen LogP contribution in [0, 0.1) is 18.7 Å². The lowest BCUT2D eigenvalue weighted by molar-refractivity contribution is 0.166. The molecular formula is C25H31FN4O2. The number of aromatic nitrogens is 1. The zero-order valence-electron chi connectivity index (χ0n) is 18.7. The first-order valence-corrected chi connectivity index (χ1v) is 11.1. The molecule has 7 heteroatoms. The number of benzene rings is 2. The predicted octanol–water partition coefficient (Wildman–Crippen LogP) is 3.94. The van der Waals surface area contributed by atoms with Crippen molar-refractivity contribution >= 4 is 16.9 Å². The molecule has 1 aliphatic rings. The highest BCUT2D eigenvalue weighted by Crippen LogP contribution is 2.23. The molecule has 170 valence electrons. The van der Waals surface area contributed by atoms with E-state index >= 15 is 0 Å². The van der Waals surface area contributed by atoms with Crippen LogP contribution >= 0.6 is 0 Å². The van der Waals surface area contributed by atoms with Crippen molar-refractivity contribution in [3.05, 3.63) is 65.1 Å². The molecule has 0 radical (unpaired) electrons. The first-order valence-electron chi connectivity index (χ1n) is 11.1. The summed E-state index contributed by atoms with van der Waals surface area (Å²) in [5.41, 5.74) is 4.23. The molecule has 0 saturated carbocycles. The van der Waals surface area contributed by atoms with Crippen molar-refractivity contribution in [1.82, 2.24) is 15.6 Å². The zero-order chi connectivity index (χ0) is 22.3. The van der Waals surface area contributed by atoms with Crippen molar-refractivity contribution in [2.24, 2.45) is 10.9 Å². The van der Waals surface area contributed by atoms with Crippen LogP contribution in [-0.4, -0.2) is 44.4 Å². The van der Waals surface area contributed by atoms with Gasteiger partial charge in [0.25, 0.3) is 0 Å². The molecule has 0 spiro atoms. The Kier molecular flexibility index (Phi) is 7.27. The van der Waals surface area contributed by atoms with Crippen LogP contribution in [0.5, 0.6) is 5.75 Å². The van der Waals surface area contributed by atoms with E-state index in [9.17, 15) is 4.39 Å². The summed E-state index contributed by atoms with van der Waals surface area (Å²) in [5, 5.41) is 7.78. The maximum Gasteiger partial charge on any atom is 0.191 e. The maximum atomic E-state index is 13.4. The van der Waals surface area contributed by atoms with E-state index in [1.807, 2.05) is 12.3 Å². The third-order valence-corrected chi connectivity index (χ3v) is 5.81. The van der Waals surface area contributed by atoms with Gasteiger partial charge in [-0.3, -0.25) is 4.99 Å². The Hall–Kier alpha value is -3.06. The van der Waals surface area contributed by atoms with Gasteiger partial charge in [0.05, 0.1) is 13.2 Å². The number of hydrogen-bond donors (Lipinski definition) is 3. The fourth-order valence-electron chi connectivity index (χ4n) is 3.95. The normalized spacial score (nSPS) is 16.5. The molecule has 1 saturated heterocycles. The summed E-state index contributed by atoms with van der Waals surface area (Å²) in [6, 6.07) is 11.1. The summed E-state index contributed by atoms with van der Waals surface area (Å²) in [4.78, 5) is 7.47. The number of halogens is 1. The van der Waals surface area contributed by atoms with E-state index < -0.39 is 0 Å². The molecule has 0 aliphatic carbocycles. The Balaban J connectivity index is 1.30. The van der Waals surface area contributed by atoms with E-state index in [0.29, 0.717) is 25.6 Å². The van der Waals surface area contributed by atoms with E-state index in [4.69, 9.17) is 9.47 Å². The fraction of sp³-hybridized carbons (Fsp3) is 0.400. The molecule has 1 aliphatic heterocycles. The summed E-state index contributed by atoms with van der Waals surface area (Å²) in [6.07, 6.45) is 3.79. The van der Waals surface area contributed by atoms with Crippen molar-refractivity contribution in [2.75, 3.05) is 33.4 Å². The zero-order valence-corrected chi connectivity index (χ0v) is 18.7. The molecule has 3 aromatic rings. The van der Waals surface area contributed by atoms with Gasteiger partial charge in [0.15, 0.2) is 5.96 Å². The van der Waals surface area contributed by atoms with E-state index in [-0.39, 0.29) is 5.82 Å². The van der Waals surface area contributed by atoms with Crippen LogP contribution < -0.4 is 15.4 Å². The second-order valence-electron chi connectivity index (χ2n) is 8.26. The van der Waals surface area contributed by atoms with Gasteiger partial charge in [-0.05, 0) is 55.2 Å². The average molecular weight is 439 g/mol. The van der Waals surface area contributed by atoms with Gasteiger partial charge in [-0.2, -0.15) is 0 Å². The largest absolute Gasteiger partial charge is 0.493 e. The highest BCUT2D eigenvalue weighted by Gasteiger charge is 2.17. The summed E-state index contributed by atoms with van der Waals surface area (Å²) in [5.74, 6) is 1.87. The Bertz CT molecular complexity index is 1070. The van der Waals surface area contributed by atoms with Gasteiger partial charge in [0, 0.05) is 55.3 Å². The van der Waals surface area contributed by atoms with E-state index in [0.717, 1.165) is 59.8 Å². The highest BCUT2D eigenvalue weighted by molar-refractivity contribution is 5.83. The molecule has 0 amide bonds. The highest BCUT2D eigenvalue weighted by atomic mass is 19.1. The predicted molar refractivity (Wildman–Crippen MR) is 126 cm³/mol. The molecule has 1 unspecified atom stereocenters. The van der Waals surface area contributed by atoms with Crippen LogP contribution in [-0.2, 0) is 17.7 Å². The smallest absolute Gasteiger partial charge is 0.191 e. The van der Waals surface area contributed by atoms with Crippen LogP contribution in [0.4, 0.5) is 4.39 Å². The van der Waals surface area contributed by atoms with Crippen molar-refractivity contribution in [3.63, 3.8) is 0 Å². The molecule has 0 bridgehead atoms. The molecular weight excluding hydrogens is 407 g/mol. The van der Waals surface area contributed by atoms with Gasteiger partial charge >= 0.3 is 0 Å². The van der Waals surface area contributed by atoms with Gasteiger partial charge in [-0.1, -0.05) is 12.1 Å². The van der Waals surface area contributed by atoms with Crippen molar-refractivity contribution in [1.29, 1.82) is 0 Å². The van der Waals surface area contributed by atoms with Crippen molar-refractivity contribution in [2.45, 2.75) is 26.3 Å². The number of aryl methyl sites for hydroxylation is 1. The molecule has 6 nitrogen and oxygen atoms in total. The summed E-state index contributed by atoms with van der Waals surface area (Å²) >= 11 is 0. The maximum absolute atomic E-state index is 13.4. The van der Waals surface area contributed by atoms with Crippen LogP contribution in [0.1, 0.15) is 23.1 Å². The second-order valence-corrected chi connectivity index (χ2v) is 8.26. The molecule has 2 heterocycles. The number of rotatable bonds is 8. The molecule has 1 fully saturated rings. The average Bonchev–Trinajstić information content (AvgIpc) is 3.45. The minimum Gasteiger partial charge on any atom is -0.493 e. The molecule has 1 atom stereocenters.